The lowest BCUT2D eigenvalue weighted by Crippen LogP contribution is -2.56. The first kappa shape index (κ1) is 12.0. The number of likely N-dealkylation sites (tertiary alicyclic amines) is 1. The van der Waals surface area contributed by atoms with Crippen molar-refractivity contribution in [2.75, 3.05) is 19.7 Å². The zero-order valence-corrected chi connectivity index (χ0v) is 10.6. The molecule has 3 rings (SSSR count). The lowest BCUT2D eigenvalue weighted by Gasteiger charge is -2.41. The fourth-order valence-corrected chi connectivity index (χ4v) is 3.29. The molecule has 0 aromatic rings. The summed E-state index contributed by atoms with van der Waals surface area (Å²) in [7, 11) is 0. The van der Waals surface area contributed by atoms with E-state index in [2.05, 4.69) is 5.32 Å². The summed E-state index contributed by atoms with van der Waals surface area (Å²) in [4.78, 5) is 25.5. The minimum absolute atomic E-state index is 0.155. The second kappa shape index (κ2) is 4.88. The molecule has 3 heterocycles. The average Bonchev–Trinajstić information content (AvgIpc) is 2.91. The monoisotopic (exact) mass is 252 g/mol. The molecule has 0 saturated carbocycles. The molecule has 3 saturated heterocycles. The van der Waals surface area contributed by atoms with Gasteiger partial charge in [-0.05, 0) is 31.6 Å². The van der Waals surface area contributed by atoms with Gasteiger partial charge in [0.1, 0.15) is 6.10 Å². The second-order valence-corrected chi connectivity index (χ2v) is 5.55. The average molecular weight is 252 g/mol. The summed E-state index contributed by atoms with van der Waals surface area (Å²) in [5, 5.41) is 3.04. The Bertz CT molecular complexity index is 352. The molecule has 3 aliphatic heterocycles. The van der Waals surface area contributed by atoms with Crippen LogP contribution in [-0.2, 0) is 14.3 Å². The molecule has 5 nitrogen and oxygen atoms in total. The topological polar surface area (TPSA) is 58.6 Å². The number of amides is 2. The largest absolute Gasteiger partial charge is 0.368 e. The van der Waals surface area contributed by atoms with E-state index in [1.807, 2.05) is 4.90 Å². The van der Waals surface area contributed by atoms with Crippen molar-refractivity contribution in [1.82, 2.24) is 10.2 Å². The summed E-state index contributed by atoms with van der Waals surface area (Å²) >= 11 is 0. The van der Waals surface area contributed by atoms with Gasteiger partial charge in [0.15, 0.2) is 0 Å². The molecule has 2 amide bonds. The van der Waals surface area contributed by atoms with Crippen LogP contribution in [0.2, 0.25) is 0 Å². The SMILES string of the molecule is O=C1CCC2CN(C(=O)[C@@H]3CCCO3)CCC2N1. The van der Waals surface area contributed by atoms with E-state index in [9.17, 15) is 9.59 Å². The number of fused-ring (bicyclic) bond motifs is 1. The number of nitrogens with one attached hydrogen (secondary N) is 1. The first-order valence-corrected chi connectivity index (χ1v) is 6.94. The van der Waals surface area contributed by atoms with Gasteiger partial charge in [0.05, 0.1) is 0 Å². The number of carbonyl (C=O) groups is 2. The van der Waals surface area contributed by atoms with Gasteiger partial charge in [-0.3, -0.25) is 9.59 Å². The van der Waals surface area contributed by atoms with Gasteiger partial charge in [-0.2, -0.15) is 0 Å². The van der Waals surface area contributed by atoms with Crippen molar-refractivity contribution in [3.8, 4) is 0 Å². The summed E-state index contributed by atoms with van der Waals surface area (Å²) in [6, 6.07) is 0.278. The molecule has 1 N–H and O–H groups in total. The molecular weight excluding hydrogens is 232 g/mol. The van der Waals surface area contributed by atoms with E-state index in [0.717, 1.165) is 38.8 Å². The summed E-state index contributed by atoms with van der Waals surface area (Å²) in [5.41, 5.74) is 0. The van der Waals surface area contributed by atoms with Gasteiger partial charge in [0.25, 0.3) is 5.91 Å². The number of nitrogens with zero attached hydrogens (tertiary/aromatic N) is 1. The van der Waals surface area contributed by atoms with E-state index in [-0.39, 0.29) is 24.0 Å². The van der Waals surface area contributed by atoms with Gasteiger partial charge >= 0.3 is 0 Å². The van der Waals surface area contributed by atoms with Crippen LogP contribution in [0.25, 0.3) is 0 Å². The van der Waals surface area contributed by atoms with Crippen molar-refractivity contribution in [2.45, 2.75) is 44.2 Å². The maximum absolute atomic E-state index is 12.3. The van der Waals surface area contributed by atoms with Gasteiger partial charge in [-0.15, -0.1) is 0 Å². The Hall–Kier alpha value is -1.10. The van der Waals surface area contributed by atoms with Crippen molar-refractivity contribution in [3.63, 3.8) is 0 Å². The predicted molar refractivity (Wildman–Crippen MR) is 64.8 cm³/mol. The third kappa shape index (κ3) is 2.23. The highest BCUT2D eigenvalue weighted by atomic mass is 16.5. The maximum atomic E-state index is 12.3. The van der Waals surface area contributed by atoms with Gasteiger partial charge in [0.2, 0.25) is 5.91 Å². The lowest BCUT2D eigenvalue weighted by molar-refractivity contribution is -0.144. The lowest BCUT2D eigenvalue weighted by atomic mass is 9.85. The fraction of sp³-hybridized carbons (Fsp3) is 0.846. The Balaban J connectivity index is 1.59. The van der Waals surface area contributed by atoms with Gasteiger partial charge in [0, 0.05) is 32.2 Å². The third-order valence-electron chi connectivity index (χ3n) is 4.34. The van der Waals surface area contributed by atoms with E-state index in [1.54, 1.807) is 0 Å². The smallest absolute Gasteiger partial charge is 0.251 e. The highest BCUT2D eigenvalue weighted by Crippen LogP contribution is 2.26. The second-order valence-electron chi connectivity index (χ2n) is 5.55. The first-order valence-electron chi connectivity index (χ1n) is 6.94. The minimum atomic E-state index is -0.209. The van der Waals surface area contributed by atoms with Crippen LogP contribution in [0, 0.1) is 5.92 Å². The normalized spacial score (nSPS) is 36.1. The molecule has 100 valence electrons. The van der Waals surface area contributed by atoms with Crippen LogP contribution in [-0.4, -0.2) is 48.6 Å². The minimum Gasteiger partial charge on any atom is -0.368 e. The molecule has 0 aliphatic carbocycles. The van der Waals surface area contributed by atoms with E-state index in [4.69, 9.17) is 4.74 Å². The van der Waals surface area contributed by atoms with Crippen LogP contribution in [0.1, 0.15) is 32.1 Å². The van der Waals surface area contributed by atoms with Crippen LogP contribution in [0.4, 0.5) is 0 Å². The summed E-state index contributed by atoms with van der Waals surface area (Å²) in [6.45, 7) is 2.25. The van der Waals surface area contributed by atoms with Gasteiger partial charge in [-0.1, -0.05) is 0 Å². The van der Waals surface area contributed by atoms with Crippen LogP contribution in [0.3, 0.4) is 0 Å². The fourth-order valence-electron chi connectivity index (χ4n) is 3.29. The van der Waals surface area contributed by atoms with Gasteiger partial charge in [-0.25, -0.2) is 0 Å². The Morgan fingerprint density at radius 2 is 2.22 bits per heavy atom. The molecule has 2 unspecified atom stereocenters. The van der Waals surface area contributed by atoms with Crippen LogP contribution in [0.5, 0.6) is 0 Å². The molecule has 3 atom stereocenters. The third-order valence-corrected chi connectivity index (χ3v) is 4.34. The Morgan fingerprint density at radius 1 is 1.33 bits per heavy atom. The molecular formula is C13H20N2O3. The molecule has 3 fully saturated rings. The maximum Gasteiger partial charge on any atom is 0.251 e. The van der Waals surface area contributed by atoms with Crippen LogP contribution < -0.4 is 5.32 Å². The highest BCUT2D eigenvalue weighted by Gasteiger charge is 2.37. The Morgan fingerprint density at radius 3 is 3.00 bits per heavy atom. The summed E-state index contributed by atoms with van der Waals surface area (Å²) in [6.07, 6.45) is 4.04. The highest BCUT2D eigenvalue weighted by molar-refractivity contribution is 5.81. The summed E-state index contributed by atoms with van der Waals surface area (Å²) in [5.74, 6) is 0.750. The zero-order chi connectivity index (χ0) is 12.5. The molecule has 0 bridgehead atoms. The molecule has 0 aromatic heterocycles. The van der Waals surface area contributed by atoms with E-state index in [0.29, 0.717) is 18.9 Å². The van der Waals surface area contributed by atoms with Gasteiger partial charge < -0.3 is 15.0 Å². The van der Waals surface area contributed by atoms with Crippen molar-refractivity contribution in [1.29, 1.82) is 0 Å². The van der Waals surface area contributed by atoms with Crippen molar-refractivity contribution in [2.24, 2.45) is 5.92 Å². The first-order chi connectivity index (χ1) is 8.74. The number of ether oxygens (including phenoxy) is 1. The van der Waals surface area contributed by atoms with E-state index < -0.39 is 0 Å². The molecule has 5 heteroatoms. The molecule has 0 aromatic carbocycles. The van der Waals surface area contributed by atoms with Crippen LogP contribution >= 0.6 is 0 Å². The molecule has 0 spiro atoms. The summed E-state index contributed by atoms with van der Waals surface area (Å²) < 4.78 is 5.46. The Labute approximate surface area is 107 Å². The van der Waals surface area contributed by atoms with E-state index >= 15 is 0 Å². The molecule has 3 aliphatic rings. The van der Waals surface area contributed by atoms with Crippen LogP contribution in [0.15, 0.2) is 0 Å². The predicted octanol–water partition coefficient (Wildman–Crippen LogP) is 0.293. The number of carbonyl (C=O) groups excluding carboxylic acids is 2. The molecule has 18 heavy (non-hydrogen) atoms. The zero-order valence-electron chi connectivity index (χ0n) is 10.6. The number of hydrogen-bond acceptors (Lipinski definition) is 3. The van der Waals surface area contributed by atoms with Crippen molar-refractivity contribution in [3.05, 3.63) is 0 Å². The standard InChI is InChI=1S/C13H20N2O3/c16-12-4-3-9-8-15(6-5-10(9)14-12)13(17)11-2-1-7-18-11/h9-11H,1-8H2,(H,14,16)/t9?,10?,11-/m0/s1. The van der Waals surface area contributed by atoms with Crippen molar-refractivity contribution >= 4 is 11.8 Å². The quantitative estimate of drug-likeness (QED) is 0.730. The van der Waals surface area contributed by atoms with E-state index in [1.165, 1.54) is 0 Å². The number of piperidine rings is 2. The molecule has 0 radical (unpaired) electrons. The number of hydrogen-bond donors (Lipinski definition) is 1. The number of rotatable bonds is 1. The Kier molecular flexibility index (Phi) is 3.24. The van der Waals surface area contributed by atoms with Crippen molar-refractivity contribution < 1.29 is 14.3 Å².